The van der Waals surface area contributed by atoms with E-state index in [1.807, 2.05) is 19.0 Å². The lowest BCUT2D eigenvalue weighted by Gasteiger charge is -2.44. The summed E-state index contributed by atoms with van der Waals surface area (Å²) < 4.78 is 25.0. The van der Waals surface area contributed by atoms with Crippen molar-refractivity contribution in [1.82, 2.24) is 20.0 Å². The molecule has 2 saturated heterocycles. The number of rotatable bonds is 7. The Morgan fingerprint density at radius 3 is 2.43 bits per heavy atom. The molecule has 0 unspecified atom stereocenters. The number of halogens is 1. The molecule has 0 bridgehead atoms. The maximum atomic E-state index is 13.7. The number of hydrogen-bond acceptors (Lipinski definition) is 6. The van der Waals surface area contributed by atoms with Crippen molar-refractivity contribution in [2.45, 2.75) is 24.6 Å². The fourth-order valence-electron chi connectivity index (χ4n) is 4.82. The van der Waals surface area contributed by atoms with Gasteiger partial charge in [0.1, 0.15) is 23.3 Å². The highest BCUT2D eigenvalue weighted by Gasteiger charge is 2.54. The number of benzene rings is 2. The van der Waals surface area contributed by atoms with Crippen LogP contribution in [0.15, 0.2) is 48.5 Å². The van der Waals surface area contributed by atoms with Crippen molar-refractivity contribution in [3.05, 3.63) is 65.5 Å². The molecule has 10 heteroatoms. The van der Waals surface area contributed by atoms with Crippen molar-refractivity contribution in [2.75, 3.05) is 54.0 Å². The molecule has 0 saturated carbocycles. The zero-order valence-electron chi connectivity index (χ0n) is 21.4. The maximum absolute atomic E-state index is 13.7. The third-order valence-corrected chi connectivity index (χ3v) is 6.88. The lowest BCUT2D eigenvalue weighted by Crippen LogP contribution is -2.60. The Balaban J connectivity index is 1.54. The van der Waals surface area contributed by atoms with Gasteiger partial charge in [0.15, 0.2) is 0 Å². The zero-order valence-corrected chi connectivity index (χ0v) is 21.4. The summed E-state index contributed by atoms with van der Waals surface area (Å²) >= 11 is 0. The number of likely N-dealkylation sites (tertiary alicyclic amines) is 1. The molecular weight excluding hydrogens is 479 g/mol. The monoisotopic (exact) mass is 512 g/mol. The van der Waals surface area contributed by atoms with E-state index in [2.05, 4.69) is 5.32 Å². The van der Waals surface area contributed by atoms with Crippen LogP contribution in [0.2, 0.25) is 0 Å². The van der Waals surface area contributed by atoms with Crippen LogP contribution >= 0.6 is 0 Å². The van der Waals surface area contributed by atoms with Gasteiger partial charge in [-0.1, -0.05) is 6.07 Å². The maximum Gasteiger partial charge on any atom is 0.256 e. The average Bonchev–Trinajstić information content (AvgIpc) is 3.27. The van der Waals surface area contributed by atoms with Crippen molar-refractivity contribution in [1.29, 1.82) is 0 Å². The predicted octanol–water partition coefficient (Wildman–Crippen LogP) is 1.99. The summed E-state index contributed by atoms with van der Waals surface area (Å²) in [6.07, 6.45) is 0.689. The van der Waals surface area contributed by atoms with Gasteiger partial charge in [0.25, 0.3) is 11.8 Å². The van der Waals surface area contributed by atoms with Gasteiger partial charge in [0, 0.05) is 50.1 Å². The molecule has 1 N–H and O–H groups in total. The smallest absolute Gasteiger partial charge is 0.256 e. The van der Waals surface area contributed by atoms with Crippen LogP contribution in [-0.4, -0.2) is 98.2 Å². The molecular formula is C27H33FN4O5. The van der Waals surface area contributed by atoms with E-state index in [1.54, 1.807) is 36.3 Å². The van der Waals surface area contributed by atoms with Gasteiger partial charge in [-0.05, 0) is 56.6 Å². The lowest BCUT2D eigenvalue weighted by molar-refractivity contribution is -0.128. The normalized spacial score (nSPS) is 18.8. The Morgan fingerprint density at radius 2 is 1.78 bits per heavy atom. The minimum absolute atomic E-state index is 0.0462. The molecule has 9 nitrogen and oxygen atoms in total. The lowest BCUT2D eigenvalue weighted by atomic mass is 9.96. The number of likely N-dealkylation sites (N-methyl/N-ethyl adjacent to an activating group) is 1. The average molecular weight is 513 g/mol. The number of carbonyl (C=O) groups excluding carboxylic acids is 3. The second-order valence-electron chi connectivity index (χ2n) is 9.57. The van der Waals surface area contributed by atoms with E-state index in [1.165, 1.54) is 29.2 Å². The number of hydrogen-bond donors (Lipinski definition) is 1. The number of ether oxygens (including phenoxy) is 2. The van der Waals surface area contributed by atoms with Crippen LogP contribution < -0.4 is 10.1 Å². The van der Waals surface area contributed by atoms with Gasteiger partial charge in [0.2, 0.25) is 5.91 Å². The van der Waals surface area contributed by atoms with Gasteiger partial charge in [-0.25, -0.2) is 4.39 Å². The minimum atomic E-state index is -1.04. The standard InChI is InChI=1S/C27H33FN4O5/c1-30(2)16-13-29-24(33)23-18-37-27(32(23)26(35)19-7-9-21(28)10-8-19)11-14-31(15-12-27)25(34)20-5-4-6-22(17-20)36-3/h4-10,17,23H,11-16,18H2,1-3H3,(H,29,33)/t23-/m0/s1. The zero-order chi connectivity index (χ0) is 26.6. The Morgan fingerprint density at radius 1 is 1.08 bits per heavy atom. The molecule has 2 aliphatic rings. The molecule has 3 amide bonds. The van der Waals surface area contributed by atoms with E-state index in [0.29, 0.717) is 50.3 Å². The Labute approximate surface area is 216 Å². The summed E-state index contributed by atoms with van der Waals surface area (Å²) in [7, 11) is 5.36. The molecule has 2 aromatic carbocycles. The first-order chi connectivity index (χ1) is 17.7. The second-order valence-corrected chi connectivity index (χ2v) is 9.57. The number of nitrogens with one attached hydrogen (secondary N) is 1. The van der Waals surface area contributed by atoms with Gasteiger partial charge < -0.3 is 24.6 Å². The molecule has 198 valence electrons. The first kappa shape index (κ1) is 26.6. The SMILES string of the molecule is COc1cccc(C(=O)N2CCC3(CC2)OC[C@@H](C(=O)NCCN(C)C)N3C(=O)c2ccc(F)cc2)c1. The summed E-state index contributed by atoms with van der Waals surface area (Å²) in [5.74, 6) is -0.702. The van der Waals surface area contributed by atoms with Crippen LogP contribution in [0, 0.1) is 5.82 Å². The molecule has 1 spiro atoms. The fraction of sp³-hybridized carbons (Fsp3) is 0.444. The summed E-state index contributed by atoms with van der Waals surface area (Å²) in [6.45, 7) is 1.81. The molecule has 2 aliphatic heterocycles. The molecule has 1 atom stereocenters. The molecule has 2 aromatic rings. The highest BCUT2D eigenvalue weighted by atomic mass is 19.1. The van der Waals surface area contributed by atoms with E-state index in [0.717, 1.165) is 0 Å². The predicted molar refractivity (Wildman–Crippen MR) is 135 cm³/mol. The second kappa shape index (κ2) is 11.3. The van der Waals surface area contributed by atoms with Crippen molar-refractivity contribution in [3.8, 4) is 5.75 Å². The van der Waals surface area contributed by atoms with Crippen molar-refractivity contribution >= 4 is 17.7 Å². The van der Waals surface area contributed by atoms with Crippen LogP contribution in [0.5, 0.6) is 5.75 Å². The fourth-order valence-corrected chi connectivity index (χ4v) is 4.82. The molecule has 2 fully saturated rings. The van der Waals surface area contributed by atoms with E-state index < -0.39 is 23.5 Å². The first-order valence-electron chi connectivity index (χ1n) is 12.3. The van der Waals surface area contributed by atoms with Crippen LogP contribution in [0.3, 0.4) is 0 Å². The van der Waals surface area contributed by atoms with Crippen LogP contribution in [0.25, 0.3) is 0 Å². The van der Waals surface area contributed by atoms with Crippen LogP contribution in [0.1, 0.15) is 33.6 Å². The van der Waals surface area contributed by atoms with E-state index >= 15 is 0 Å². The molecule has 0 aromatic heterocycles. The number of amides is 3. The summed E-state index contributed by atoms with van der Waals surface area (Å²) in [5.41, 5.74) is -0.257. The summed E-state index contributed by atoms with van der Waals surface area (Å²) in [5, 5.41) is 2.89. The Kier molecular flexibility index (Phi) is 8.09. The molecule has 4 rings (SSSR count). The Bertz CT molecular complexity index is 1130. The van der Waals surface area contributed by atoms with Gasteiger partial charge >= 0.3 is 0 Å². The first-order valence-corrected chi connectivity index (χ1v) is 12.3. The van der Waals surface area contributed by atoms with Gasteiger partial charge in [-0.2, -0.15) is 0 Å². The Hall–Kier alpha value is -3.50. The molecule has 2 heterocycles. The van der Waals surface area contributed by atoms with E-state index in [-0.39, 0.29) is 24.0 Å². The van der Waals surface area contributed by atoms with Gasteiger partial charge in [-0.3, -0.25) is 19.3 Å². The molecule has 37 heavy (non-hydrogen) atoms. The summed E-state index contributed by atoms with van der Waals surface area (Å²) in [6, 6.07) is 11.4. The quantitative estimate of drug-likeness (QED) is 0.610. The number of methoxy groups -OCH3 is 1. The van der Waals surface area contributed by atoms with Crippen molar-refractivity contribution < 1.29 is 28.2 Å². The topological polar surface area (TPSA) is 91.4 Å². The number of nitrogens with zero attached hydrogens (tertiary/aromatic N) is 3. The number of carbonyl (C=O) groups is 3. The summed E-state index contributed by atoms with van der Waals surface area (Å²) in [4.78, 5) is 45.1. The number of piperidine rings is 1. The van der Waals surface area contributed by atoms with E-state index in [4.69, 9.17) is 9.47 Å². The van der Waals surface area contributed by atoms with Gasteiger partial charge in [-0.15, -0.1) is 0 Å². The minimum Gasteiger partial charge on any atom is -0.497 e. The third-order valence-electron chi connectivity index (χ3n) is 6.88. The van der Waals surface area contributed by atoms with Gasteiger partial charge in [0.05, 0.1) is 13.7 Å². The molecule has 0 aliphatic carbocycles. The largest absolute Gasteiger partial charge is 0.497 e. The third kappa shape index (κ3) is 5.75. The van der Waals surface area contributed by atoms with E-state index in [9.17, 15) is 18.8 Å². The van der Waals surface area contributed by atoms with Crippen molar-refractivity contribution in [3.63, 3.8) is 0 Å². The van der Waals surface area contributed by atoms with Crippen molar-refractivity contribution in [2.24, 2.45) is 0 Å². The molecule has 0 radical (unpaired) electrons. The van der Waals surface area contributed by atoms with Crippen LogP contribution in [0.4, 0.5) is 4.39 Å². The van der Waals surface area contributed by atoms with Crippen LogP contribution in [-0.2, 0) is 9.53 Å². The highest BCUT2D eigenvalue weighted by Crippen LogP contribution is 2.39. The highest BCUT2D eigenvalue weighted by molar-refractivity contribution is 5.98.